The van der Waals surface area contributed by atoms with Crippen LogP contribution in [0.1, 0.15) is 73.6 Å². The summed E-state index contributed by atoms with van der Waals surface area (Å²) < 4.78 is 23.1. The number of ether oxygens (including phenoxy) is 4. The summed E-state index contributed by atoms with van der Waals surface area (Å²) in [4.78, 5) is 113. The summed E-state index contributed by atoms with van der Waals surface area (Å²) >= 11 is 0. The number of nitrogens with two attached hydrogens (primary N) is 1. The number of aliphatic carboxylic acids is 2. The predicted octanol–water partition coefficient (Wildman–Crippen LogP) is -7.13. The van der Waals surface area contributed by atoms with Crippen LogP contribution in [0, 0.1) is 0 Å². The summed E-state index contributed by atoms with van der Waals surface area (Å²) in [5.74, 6) is -8.75. The number of nitrogens with one attached hydrogen (secondary N) is 7. The molecule has 67 heavy (non-hydrogen) atoms. The third-order valence-corrected chi connectivity index (χ3v) is 10.6. The lowest BCUT2D eigenvalue weighted by Crippen LogP contribution is -2.70. The van der Waals surface area contributed by atoms with Gasteiger partial charge in [-0.2, -0.15) is 0 Å². The average molecular weight is 967 g/mol. The molecule has 2 rings (SSSR count). The Morgan fingerprint density at radius 2 is 1.16 bits per heavy atom. The van der Waals surface area contributed by atoms with Gasteiger partial charge in [0.05, 0.1) is 13.2 Å². The molecule has 16 unspecified atom stereocenters. The predicted molar refractivity (Wildman–Crippen MR) is 224 cm³/mol. The Kier molecular flexibility index (Phi) is 23.9. The van der Waals surface area contributed by atoms with Crippen LogP contribution < -0.4 is 43.0 Å². The minimum atomic E-state index is -1.89. The van der Waals surface area contributed by atoms with Crippen molar-refractivity contribution in [2.45, 2.75) is 171 Å². The molecule has 0 bridgehead atoms. The summed E-state index contributed by atoms with van der Waals surface area (Å²) in [5, 5.41) is 87.5. The van der Waals surface area contributed by atoms with E-state index < -0.39 is 177 Å². The number of hydrogen-bond donors (Lipinski definition) is 15. The van der Waals surface area contributed by atoms with Gasteiger partial charge in [0.25, 0.3) is 0 Å². The first-order valence-corrected chi connectivity index (χ1v) is 21.5. The first-order chi connectivity index (χ1) is 31.4. The van der Waals surface area contributed by atoms with E-state index in [9.17, 15) is 73.8 Å². The summed E-state index contributed by atoms with van der Waals surface area (Å²) in [6, 6.07) is -9.87. The van der Waals surface area contributed by atoms with Gasteiger partial charge >= 0.3 is 11.9 Å². The van der Waals surface area contributed by atoms with Crippen LogP contribution in [0.2, 0.25) is 0 Å². The van der Waals surface area contributed by atoms with Crippen LogP contribution in [0.5, 0.6) is 0 Å². The number of hydrogen-bond acceptors (Lipinski definition) is 19. The van der Waals surface area contributed by atoms with Crippen LogP contribution in [-0.4, -0.2) is 206 Å². The molecule has 28 heteroatoms. The third-order valence-electron chi connectivity index (χ3n) is 10.6. The molecule has 2 fully saturated rings. The fourth-order valence-electron chi connectivity index (χ4n) is 6.85. The van der Waals surface area contributed by atoms with Crippen LogP contribution in [0.25, 0.3) is 0 Å². The van der Waals surface area contributed by atoms with E-state index in [-0.39, 0.29) is 13.0 Å². The highest BCUT2D eigenvalue weighted by Crippen LogP contribution is 2.31. The Bertz CT molecular complexity index is 1730. The second-order valence-corrected chi connectivity index (χ2v) is 16.1. The Morgan fingerprint density at radius 1 is 0.612 bits per heavy atom. The summed E-state index contributed by atoms with van der Waals surface area (Å²) in [6.45, 7) is 5.61. The van der Waals surface area contributed by atoms with Crippen LogP contribution in [0.3, 0.4) is 0 Å². The van der Waals surface area contributed by atoms with Crippen LogP contribution in [-0.2, 0) is 62.1 Å². The largest absolute Gasteiger partial charge is 0.480 e. The minimum absolute atomic E-state index is 0.0694. The molecular weight excluding hydrogens is 900 g/mol. The maximum absolute atomic E-state index is 13.5. The van der Waals surface area contributed by atoms with Crippen LogP contribution in [0.15, 0.2) is 0 Å². The van der Waals surface area contributed by atoms with E-state index in [2.05, 4.69) is 37.2 Å². The van der Waals surface area contributed by atoms with Gasteiger partial charge < -0.3 is 97.6 Å². The highest BCUT2D eigenvalue weighted by atomic mass is 16.7. The van der Waals surface area contributed by atoms with Crippen molar-refractivity contribution in [1.82, 2.24) is 37.2 Å². The second kappa shape index (κ2) is 27.6. The highest BCUT2D eigenvalue weighted by molar-refractivity contribution is 5.94. The molecule has 0 saturated carbocycles. The summed E-state index contributed by atoms with van der Waals surface area (Å²) in [6.07, 6.45) is -15.0. The number of carbonyl (C=O) groups excluding carboxylic acids is 7. The summed E-state index contributed by atoms with van der Waals surface area (Å²) in [7, 11) is 0. The van der Waals surface area contributed by atoms with Crippen molar-refractivity contribution in [3.63, 3.8) is 0 Å². The maximum atomic E-state index is 13.5. The SMILES string of the molecule is CC(=O)NC1C(OC2C(CO)OC(O)C(NC(C)=O)C2OC(C)C(=O)NC(C)C(=O)NC(CCC(=O)NC(CCCCN)C(=O)NC(C)C(=O)NC(C)C(=O)O)C(=O)O)OC(CO)C(O)C1O. The van der Waals surface area contributed by atoms with Gasteiger partial charge in [-0.15, -0.1) is 0 Å². The van der Waals surface area contributed by atoms with E-state index in [0.29, 0.717) is 12.8 Å². The Hall–Kier alpha value is -5.17. The zero-order chi connectivity index (χ0) is 50.9. The number of aliphatic hydroxyl groups is 5. The van der Waals surface area contributed by atoms with E-state index >= 15 is 0 Å². The van der Waals surface area contributed by atoms with Gasteiger partial charge in [0, 0.05) is 20.3 Å². The fraction of sp³-hybridized carbons (Fsp3) is 0.769. The zero-order valence-electron chi connectivity index (χ0n) is 37.9. The average Bonchev–Trinajstić information content (AvgIpc) is 3.25. The zero-order valence-corrected chi connectivity index (χ0v) is 37.9. The Morgan fingerprint density at radius 3 is 1.70 bits per heavy atom. The van der Waals surface area contributed by atoms with Gasteiger partial charge in [-0.25, -0.2) is 4.79 Å². The van der Waals surface area contributed by atoms with Gasteiger partial charge in [0.15, 0.2) is 12.6 Å². The van der Waals surface area contributed by atoms with Gasteiger partial charge in [0.2, 0.25) is 41.4 Å². The second-order valence-electron chi connectivity index (χ2n) is 16.1. The molecule has 0 aromatic rings. The standard InChI is InChI=1S/C39H66N8O20/c1-15(32(55)43-17(3)36(59)60)42-35(58)21(9-7-8-12-40)46-25(52)11-10-22(37(61)62)47-33(56)16(2)41-34(57)18(4)64-31-27(45-20(6)51)38(63)65-24(14-49)30(31)67-39-26(44-19(5)50)29(54)28(53)23(13-48)66-39/h15-18,21-24,26-31,38-39,48-49,53-54,63H,7-14,40H2,1-6H3,(H,41,57)(H,42,58)(H,43,55)(H,44,50)(H,45,51)(H,46,52)(H,47,56)(H,59,60)(H,61,62). The number of unbranched alkanes of at least 4 members (excludes halogenated alkanes) is 1. The minimum Gasteiger partial charge on any atom is -0.480 e. The summed E-state index contributed by atoms with van der Waals surface area (Å²) in [5.41, 5.74) is 5.55. The fourth-order valence-corrected chi connectivity index (χ4v) is 6.85. The molecule has 382 valence electrons. The van der Waals surface area contributed by atoms with Crippen molar-refractivity contribution in [2.75, 3.05) is 19.8 Å². The molecule has 2 saturated heterocycles. The van der Waals surface area contributed by atoms with E-state index in [1.54, 1.807) is 0 Å². The van der Waals surface area contributed by atoms with Crippen molar-refractivity contribution in [3.05, 3.63) is 0 Å². The van der Waals surface area contributed by atoms with Gasteiger partial charge in [0.1, 0.15) is 85.0 Å². The lowest BCUT2D eigenvalue weighted by atomic mass is 9.94. The maximum Gasteiger partial charge on any atom is 0.326 e. The van der Waals surface area contributed by atoms with E-state index in [4.69, 9.17) is 29.8 Å². The molecule has 28 nitrogen and oxygen atoms in total. The van der Waals surface area contributed by atoms with Crippen LogP contribution >= 0.6 is 0 Å². The number of rotatable bonds is 26. The number of carbonyl (C=O) groups is 9. The number of aliphatic hydroxyl groups excluding tert-OH is 5. The van der Waals surface area contributed by atoms with E-state index in [1.807, 2.05) is 0 Å². The van der Waals surface area contributed by atoms with Gasteiger partial charge in [-0.05, 0) is 59.9 Å². The molecule has 2 aliphatic heterocycles. The molecule has 2 heterocycles. The molecule has 2 aliphatic rings. The molecule has 0 aromatic carbocycles. The molecule has 7 amide bonds. The first-order valence-electron chi connectivity index (χ1n) is 21.5. The quantitative estimate of drug-likeness (QED) is 0.0358. The van der Waals surface area contributed by atoms with Crippen molar-refractivity contribution in [2.24, 2.45) is 5.73 Å². The Balaban J connectivity index is 2.19. The molecule has 16 N–H and O–H groups in total. The monoisotopic (exact) mass is 966 g/mol. The topological polar surface area (TPSA) is 442 Å². The Labute approximate surface area is 384 Å². The van der Waals surface area contributed by atoms with Crippen molar-refractivity contribution in [3.8, 4) is 0 Å². The normalized spacial score (nSPS) is 27.6. The lowest BCUT2D eigenvalue weighted by Gasteiger charge is -2.48. The first kappa shape index (κ1) is 58.0. The molecular formula is C39H66N8O20. The third kappa shape index (κ3) is 17.8. The molecule has 0 aromatic heterocycles. The van der Waals surface area contributed by atoms with E-state index in [1.165, 1.54) is 27.7 Å². The smallest absolute Gasteiger partial charge is 0.326 e. The van der Waals surface area contributed by atoms with Gasteiger partial charge in [-0.3, -0.25) is 38.4 Å². The van der Waals surface area contributed by atoms with Crippen molar-refractivity contribution >= 4 is 53.3 Å². The number of carboxylic acid groups (broad SMARTS) is 2. The number of amides is 7. The molecule has 0 spiro atoms. The van der Waals surface area contributed by atoms with Crippen LogP contribution in [0.4, 0.5) is 0 Å². The molecule has 16 atom stereocenters. The van der Waals surface area contributed by atoms with Crippen molar-refractivity contribution < 1.29 is 97.8 Å². The van der Waals surface area contributed by atoms with Crippen molar-refractivity contribution in [1.29, 1.82) is 0 Å². The van der Waals surface area contributed by atoms with Gasteiger partial charge in [-0.1, -0.05) is 0 Å². The lowest BCUT2D eigenvalue weighted by molar-refractivity contribution is -0.333. The van der Waals surface area contributed by atoms with E-state index in [0.717, 1.165) is 13.8 Å². The molecule has 0 aliphatic carbocycles. The highest BCUT2D eigenvalue weighted by Gasteiger charge is 2.53. The number of carboxylic acids is 2. The molecule has 0 radical (unpaired) electrons.